The van der Waals surface area contributed by atoms with Crippen LogP contribution in [-0.4, -0.2) is 94.1 Å². The average Bonchev–Trinajstić information content (AvgIpc) is 3.27. The lowest BCUT2D eigenvalue weighted by Gasteiger charge is -2.37. The highest BCUT2D eigenvalue weighted by Crippen LogP contribution is 2.43. The van der Waals surface area contributed by atoms with E-state index in [4.69, 9.17) is 14.0 Å². The Balaban J connectivity index is 0.000000218. The van der Waals surface area contributed by atoms with Crippen LogP contribution >= 0.6 is 7.75 Å². The number of aromatic amines is 1. The maximum absolute atomic E-state index is 12.2. The zero-order chi connectivity index (χ0) is 29.2. The number of aliphatic hydroxyl groups is 2. The first-order valence-electron chi connectivity index (χ1n) is 14.7. The molecule has 2 aliphatic carbocycles. The van der Waals surface area contributed by atoms with E-state index in [9.17, 15) is 29.3 Å². The quantitative estimate of drug-likeness (QED) is 0.130. The Hall–Kier alpha value is -1.90. The van der Waals surface area contributed by atoms with Crippen LogP contribution in [-0.2, 0) is 18.6 Å². The van der Waals surface area contributed by atoms with Crippen LogP contribution in [0.4, 0.5) is 0 Å². The second-order valence-corrected chi connectivity index (χ2v) is 12.8. The Bertz CT molecular complexity index is 1130. The third-order valence-corrected chi connectivity index (χ3v) is 9.61. The molecule has 15 heteroatoms. The number of hydrogen-bond acceptors (Lipinski definition) is 9. The van der Waals surface area contributed by atoms with Gasteiger partial charge >= 0.3 is 5.69 Å². The van der Waals surface area contributed by atoms with Crippen LogP contribution in [0, 0.1) is 0 Å². The molecule has 2 saturated carbocycles. The van der Waals surface area contributed by atoms with Crippen molar-refractivity contribution >= 4 is 14.1 Å². The standard InChI is InChI=1S/C13H20N3O9P.C13H24N2/c17-9-1-2-16(13(20)14-9)12-11(19)10(18)8(25-12)7-24-26(21,22)15-3-5-23-6-4-15;1-3-7-12(8-4-1)14-11-15-13-9-5-2-6-10-13/h1-2,8,10-12,18-19H,3-7H2,(H,21,22)(H,14,17,20);11-13H,1-10H2,(H,14,15)/t8-,10-,11-,12-;/m1./s1. The Kier molecular flexibility index (Phi) is 12.1. The maximum atomic E-state index is 12.2. The number of hydrogen-bond donors (Lipinski definition) is 5. The molecular weight excluding hydrogens is 557 g/mol. The van der Waals surface area contributed by atoms with E-state index in [-0.39, 0.29) is 26.3 Å². The molecule has 4 aliphatic rings. The molecule has 3 heterocycles. The predicted molar refractivity (Wildman–Crippen MR) is 147 cm³/mol. The number of aliphatic hydroxyl groups excluding tert-OH is 2. The molecule has 5 atom stereocenters. The third-order valence-electron chi connectivity index (χ3n) is 8.05. The van der Waals surface area contributed by atoms with Gasteiger partial charge < -0.3 is 29.1 Å². The van der Waals surface area contributed by atoms with Gasteiger partial charge in [0.2, 0.25) is 14.1 Å². The van der Waals surface area contributed by atoms with Crippen LogP contribution in [0.5, 0.6) is 0 Å². The predicted octanol–water partition coefficient (Wildman–Crippen LogP) is -1.68. The number of rotatable bonds is 8. The SMILES string of the molecule is C(NC1CCCCC1)=[NH+]C1CCCCC1.O=c1ccn([C@@H]2O[C@H](COP(=O)([O-])N3CCOCC3)[C@@H](O)[C@H]2O)c(=O)[nH]1. The molecule has 0 radical (unpaired) electrons. The number of H-pyrrole nitrogens is 1. The molecule has 0 spiro atoms. The molecule has 232 valence electrons. The summed E-state index contributed by atoms with van der Waals surface area (Å²) in [6.07, 6.45) is 11.7. The molecule has 4 fully saturated rings. The molecule has 1 aromatic rings. The number of nitrogens with one attached hydrogen (secondary N) is 3. The molecular formula is C26H44N5O9P. The van der Waals surface area contributed by atoms with Gasteiger partial charge in [-0.2, -0.15) is 0 Å². The monoisotopic (exact) mass is 601 g/mol. The van der Waals surface area contributed by atoms with E-state index >= 15 is 0 Å². The molecule has 0 bridgehead atoms. The first kappa shape index (κ1) is 32.0. The molecule has 14 nitrogen and oxygen atoms in total. The molecule has 2 saturated heterocycles. The summed E-state index contributed by atoms with van der Waals surface area (Å²) in [6, 6.07) is 2.54. The Morgan fingerprint density at radius 2 is 1.73 bits per heavy atom. The molecule has 0 amide bonds. The highest BCUT2D eigenvalue weighted by molar-refractivity contribution is 7.48. The summed E-state index contributed by atoms with van der Waals surface area (Å²) in [7, 11) is -4.36. The lowest BCUT2D eigenvalue weighted by molar-refractivity contribution is -0.504. The van der Waals surface area contributed by atoms with E-state index in [1.165, 1.54) is 64.2 Å². The molecule has 2 aliphatic heterocycles. The minimum Gasteiger partial charge on any atom is -0.766 e. The second kappa shape index (κ2) is 15.5. The van der Waals surface area contributed by atoms with Crippen molar-refractivity contribution in [2.24, 2.45) is 0 Å². The van der Waals surface area contributed by atoms with Crippen molar-refractivity contribution in [3.63, 3.8) is 0 Å². The van der Waals surface area contributed by atoms with E-state index in [2.05, 4.69) is 16.6 Å². The minimum absolute atomic E-state index is 0.160. The van der Waals surface area contributed by atoms with Crippen LogP contribution in [0.3, 0.4) is 0 Å². The average molecular weight is 602 g/mol. The van der Waals surface area contributed by atoms with Gasteiger partial charge in [0.15, 0.2) is 6.23 Å². The van der Waals surface area contributed by atoms with Crippen molar-refractivity contribution in [2.75, 3.05) is 32.9 Å². The van der Waals surface area contributed by atoms with Crippen LogP contribution < -0.4 is 26.5 Å². The smallest absolute Gasteiger partial charge is 0.330 e. The van der Waals surface area contributed by atoms with Gasteiger partial charge in [-0.25, -0.2) is 9.46 Å². The Morgan fingerprint density at radius 1 is 1.07 bits per heavy atom. The zero-order valence-corrected chi connectivity index (χ0v) is 24.3. The van der Waals surface area contributed by atoms with Crippen LogP contribution in [0.1, 0.15) is 70.4 Å². The van der Waals surface area contributed by atoms with E-state index in [0.29, 0.717) is 0 Å². The van der Waals surface area contributed by atoms with Gasteiger partial charge in [0.1, 0.15) is 18.3 Å². The van der Waals surface area contributed by atoms with Gasteiger partial charge in [0.25, 0.3) is 5.56 Å². The van der Waals surface area contributed by atoms with Crippen molar-refractivity contribution < 1.29 is 38.7 Å². The number of aromatic nitrogens is 2. The summed E-state index contributed by atoms with van der Waals surface area (Å²) in [5, 5.41) is 23.7. The van der Waals surface area contributed by atoms with Gasteiger partial charge in [0.05, 0.1) is 31.9 Å². The van der Waals surface area contributed by atoms with Gasteiger partial charge in [-0.15, -0.1) is 0 Å². The molecule has 1 unspecified atom stereocenters. The van der Waals surface area contributed by atoms with Gasteiger partial charge in [-0.05, 0) is 51.4 Å². The molecule has 0 aromatic carbocycles. The number of morpholine rings is 1. The Morgan fingerprint density at radius 3 is 2.39 bits per heavy atom. The molecule has 1 aromatic heterocycles. The highest BCUT2D eigenvalue weighted by atomic mass is 31.2. The maximum Gasteiger partial charge on any atom is 0.330 e. The van der Waals surface area contributed by atoms with Crippen LogP contribution in [0.15, 0.2) is 21.9 Å². The van der Waals surface area contributed by atoms with Crippen molar-refractivity contribution in [2.45, 2.75) is 101 Å². The molecule has 5 rings (SSSR count). The van der Waals surface area contributed by atoms with E-state index < -0.39 is 50.1 Å². The molecule has 41 heavy (non-hydrogen) atoms. The zero-order valence-electron chi connectivity index (χ0n) is 23.4. The van der Waals surface area contributed by atoms with Gasteiger partial charge in [-0.3, -0.25) is 29.2 Å². The summed E-state index contributed by atoms with van der Waals surface area (Å²) in [4.78, 5) is 40.6. The first-order chi connectivity index (χ1) is 19.7. The summed E-state index contributed by atoms with van der Waals surface area (Å²) >= 11 is 0. The summed E-state index contributed by atoms with van der Waals surface area (Å²) in [5.41, 5.74) is -1.46. The lowest BCUT2D eigenvalue weighted by Crippen LogP contribution is -2.78. The first-order valence-corrected chi connectivity index (χ1v) is 16.2. The summed E-state index contributed by atoms with van der Waals surface area (Å²) < 4.78 is 29.6. The fourth-order valence-corrected chi connectivity index (χ4v) is 6.75. The van der Waals surface area contributed by atoms with Crippen molar-refractivity contribution in [1.82, 2.24) is 19.5 Å². The number of nitrogens with zero attached hydrogens (tertiary/aromatic N) is 2. The topological polar surface area (TPSA) is 192 Å². The second-order valence-electron chi connectivity index (χ2n) is 11.0. The van der Waals surface area contributed by atoms with Crippen molar-refractivity contribution in [3.05, 3.63) is 33.1 Å². The third kappa shape index (κ3) is 9.29. The van der Waals surface area contributed by atoms with Crippen LogP contribution in [0.25, 0.3) is 0 Å². The van der Waals surface area contributed by atoms with Crippen molar-refractivity contribution in [3.8, 4) is 0 Å². The minimum atomic E-state index is -4.36. The van der Waals surface area contributed by atoms with Gasteiger partial charge in [-0.1, -0.05) is 12.8 Å². The molecule has 5 N–H and O–H groups in total. The van der Waals surface area contributed by atoms with E-state index in [1.54, 1.807) is 0 Å². The Labute approximate surface area is 239 Å². The number of ether oxygens (including phenoxy) is 2. The largest absolute Gasteiger partial charge is 0.766 e. The summed E-state index contributed by atoms with van der Waals surface area (Å²) in [5.74, 6) is 0. The summed E-state index contributed by atoms with van der Waals surface area (Å²) in [6.45, 7) is 0.298. The van der Waals surface area contributed by atoms with Crippen LogP contribution in [0.2, 0.25) is 0 Å². The van der Waals surface area contributed by atoms with E-state index in [0.717, 1.165) is 33.6 Å². The van der Waals surface area contributed by atoms with Gasteiger partial charge in [0, 0.05) is 25.4 Å². The van der Waals surface area contributed by atoms with Crippen molar-refractivity contribution in [1.29, 1.82) is 0 Å². The normalized spacial score (nSPS) is 30.0. The van der Waals surface area contributed by atoms with E-state index in [1.807, 2.05) is 4.98 Å². The fraction of sp³-hybridized carbons (Fsp3) is 0.808. The fourth-order valence-electron chi connectivity index (χ4n) is 5.59. The lowest BCUT2D eigenvalue weighted by atomic mass is 9.95. The highest BCUT2D eigenvalue weighted by Gasteiger charge is 2.44.